The molecule has 100 valence electrons. The molecule has 19 heavy (non-hydrogen) atoms. The van der Waals surface area contributed by atoms with Crippen molar-refractivity contribution in [2.45, 2.75) is 12.5 Å². The molecule has 1 N–H and O–H groups in total. The predicted octanol–water partition coefficient (Wildman–Crippen LogP) is 1.20. The fourth-order valence-corrected chi connectivity index (χ4v) is 1.92. The highest BCUT2D eigenvalue weighted by atomic mass is 16.6. The van der Waals surface area contributed by atoms with Crippen molar-refractivity contribution >= 4 is 17.7 Å². The molecule has 0 aliphatic carbocycles. The Balaban J connectivity index is 1.98. The molecule has 0 spiro atoms. The molecule has 0 bridgehead atoms. The number of benzene rings is 1. The maximum absolute atomic E-state index is 11.8. The first-order valence-corrected chi connectivity index (χ1v) is 5.96. The number of aliphatic hydroxyl groups is 1. The van der Waals surface area contributed by atoms with E-state index in [9.17, 15) is 20.0 Å². The number of hydrogen-bond acceptors (Lipinski definition) is 4. The van der Waals surface area contributed by atoms with Crippen LogP contribution in [0, 0.1) is 10.1 Å². The average molecular weight is 262 g/mol. The summed E-state index contributed by atoms with van der Waals surface area (Å²) in [7, 11) is 0. The van der Waals surface area contributed by atoms with E-state index >= 15 is 0 Å². The van der Waals surface area contributed by atoms with Crippen LogP contribution in [0.25, 0.3) is 6.08 Å². The predicted molar refractivity (Wildman–Crippen MR) is 69.3 cm³/mol. The standard InChI is InChI=1S/C13H14N2O4/c16-12-7-8-14(9-12)13(17)6-3-10-1-4-11(5-2-10)15(18)19/h1-6,12,16H,7-9H2/t12-/m0/s1. The van der Waals surface area contributed by atoms with Gasteiger partial charge in [0.2, 0.25) is 5.91 Å². The lowest BCUT2D eigenvalue weighted by Crippen LogP contribution is -2.27. The first-order valence-electron chi connectivity index (χ1n) is 5.96. The van der Waals surface area contributed by atoms with Gasteiger partial charge in [0.15, 0.2) is 0 Å². The number of nitro benzene ring substituents is 1. The molecule has 1 heterocycles. The molecule has 0 unspecified atom stereocenters. The number of likely N-dealkylation sites (tertiary alicyclic amines) is 1. The van der Waals surface area contributed by atoms with Crippen molar-refractivity contribution in [3.05, 3.63) is 46.0 Å². The van der Waals surface area contributed by atoms with Gasteiger partial charge in [0.05, 0.1) is 11.0 Å². The van der Waals surface area contributed by atoms with Gasteiger partial charge in [-0.25, -0.2) is 0 Å². The van der Waals surface area contributed by atoms with Crippen LogP contribution in [0.1, 0.15) is 12.0 Å². The van der Waals surface area contributed by atoms with Gasteiger partial charge in [0, 0.05) is 31.3 Å². The molecule has 1 fully saturated rings. The number of nitrogens with zero attached hydrogens (tertiary/aromatic N) is 2. The van der Waals surface area contributed by atoms with E-state index in [1.165, 1.54) is 18.2 Å². The molecule has 0 aromatic heterocycles. The number of aliphatic hydroxyl groups excluding tert-OH is 1. The Morgan fingerprint density at radius 3 is 2.63 bits per heavy atom. The summed E-state index contributed by atoms with van der Waals surface area (Å²) in [5.41, 5.74) is 0.741. The molecule has 1 aromatic carbocycles. The molecule has 6 nitrogen and oxygen atoms in total. The Hall–Kier alpha value is -2.21. The highest BCUT2D eigenvalue weighted by Crippen LogP contribution is 2.14. The van der Waals surface area contributed by atoms with Crippen molar-refractivity contribution in [1.82, 2.24) is 4.90 Å². The molecule has 1 saturated heterocycles. The second-order valence-electron chi connectivity index (χ2n) is 4.41. The number of hydrogen-bond donors (Lipinski definition) is 1. The van der Waals surface area contributed by atoms with E-state index in [4.69, 9.17) is 0 Å². The monoisotopic (exact) mass is 262 g/mol. The molecule has 1 aliphatic heterocycles. The molecule has 2 rings (SSSR count). The normalized spacial score (nSPS) is 19.0. The summed E-state index contributed by atoms with van der Waals surface area (Å²) in [5, 5.41) is 19.8. The molecule has 0 radical (unpaired) electrons. The van der Waals surface area contributed by atoms with Crippen LogP contribution in [0.5, 0.6) is 0 Å². The minimum absolute atomic E-state index is 0.0196. The van der Waals surface area contributed by atoms with Crippen molar-refractivity contribution in [1.29, 1.82) is 0 Å². The first-order chi connectivity index (χ1) is 9.06. The van der Waals surface area contributed by atoms with Gasteiger partial charge in [-0.15, -0.1) is 0 Å². The summed E-state index contributed by atoms with van der Waals surface area (Å²) in [6.45, 7) is 0.925. The lowest BCUT2D eigenvalue weighted by molar-refractivity contribution is -0.384. The third-order valence-electron chi connectivity index (χ3n) is 3.00. The van der Waals surface area contributed by atoms with Gasteiger partial charge in [0.1, 0.15) is 0 Å². The third-order valence-corrected chi connectivity index (χ3v) is 3.00. The van der Waals surface area contributed by atoms with Gasteiger partial charge in [-0.3, -0.25) is 14.9 Å². The van der Waals surface area contributed by atoms with E-state index < -0.39 is 11.0 Å². The average Bonchev–Trinajstić information content (AvgIpc) is 2.83. The van der Waals surface area contributed by atoms with Crippen LogP contribution in [0.4, 0.5) is 5.69 Å². The minimum atomic E-state index is -0.468. The number of nitro groups is 1. The summed E-state index contributed by atoms with van der Waals surface area (Å²) >= 11 is 0. The molecular formula is C13H14N2O4. The Morgan fingerprint density at radius 1 is 1.42 bits per heavy atom. The highest BCUT2D eigenvalue weighted by Gasteiger charge is 2.22. The van der Waals surface area contributed by atoms with Gasteiger partial charge in [0.25, 0.3) is 5.69 Å². The third kappa shape index (κ3) is 3.38. The summed E-state index contributed by atoms with van der Waals surface area (Å²) in [6.07, 6.45) is 3.20. The second kappa shape index (κ2) is 5.62. The van der Waals surface area contributed by atoms with Crippen LogP contribution < -0.4 is 0 Å². The van der Waals surface area contributed by atoms with Crippen molar-refractivity contribution in [2.75, 3.05) is 13.1 Å². The number of non-ortho nitro benzene ring substituents is 1. The smallest absolute Gasteiger partial charge is 0.269 e. The first kappa shape index (κ1) is 13.2. The van der Waals surface area contributed by atoms with E-state index in [-0.39, 0.29) is 11.6 Å². The van der Waals surface area contributed by atoms with E-state index in [1.54, 1.807) is 23.1 Å². The van der Waals surface area contributed by atoms with Gasteiger partial charge < -0.3 is 10.0 Å². The minimum Gasteiger partial charge on any atom is -0.391 e. The second-order valence-corrected chi connectivity index (χ2v) is 4.41. The number of amides is 1. The maximum Gasteiger partial charge on any atom is 0.269 e. The molecule has 1 aliphatic rings. The van der Waals surface area contributed by atoms with Crippen LogP contribution in [0.2, 0.25) is 0 Å². The number of β-amino-alcohol motifs (C(OH)–C–C–N with tert-alkyl or cyclic N) is 1. The fourth-order valence-electron chi connectivity index (χ4n) is 1.92. The Kier molecular flexibility index (Phi) is 3.91. The molecule has 1 aromatic rings. The molecule has 6 heteroatoms. The maximum atomic E-state index is 11.8. The van der Waals surface area contributed by atoms with Crippen molar-refractivity contribution in [2.24, 2.45) is 0 Å². The molecule has 0 saturated carbocycles. The van der Waals surface area contributed by atoms with E-state index in [0.717, 1.165) is 5.56 Å². The van der Waals surface area contributed by atoms with Crippen LogP contribution in [0.15, 0.2) is 30.3 Å². The van der Waals surface area contributed by atoms with Gasteiger partial charge >= 0.3 is 0 Å². The van der Waals surface area contributed by atoms with Gasteiger partial charge in [-0.2, -0.15) is 0 Å². The lowest BCUT2D eigenvalue weighted by Gasteiger charge is -2.12. The lowest BCUT2D eigenvalue weighted by atomic mass is 10.2. The van der Waals surface area contributed by atoms with E-state index in [2.05, 4.69) is 0 Å². The molecular weight excluding hydrogens is 248 g/mol. The summed E-state index contributed by atoms with van der Waals surface area (Å²) in [4.78, 5) is 23.4. The Labute approximate surface area is 110 Å². The zero-order valence-corrected chi connectivity index (χ0v) is 10.2. The van der Waals surface area contributed by atoms with Crippen LogP contribution in [0.3, 0.4) is 0 Å². The van der Waals surface area contributed by atoms with Gasteiger partial charge in [-0.05, 0) is 30.2 Å². The van der Waals surface area contributed by atoms with Crippen LogP contribution >= 0.6 is 0 Å². The number of rotatable bonds is 3. The zero-order valence-electron chi connectivity index (χ0n) is 10.2. The number of carbonyl (C=O) groups is 1. The van der Waals surface area contributed by atoms with E-state index in [0.29, 0.717) is 19.5 Å². The van der Waals surface area contributed by atoms with Gasteiger partial charge in [-0.1, -0.05) is 0 Å². The number of carbonyl (C=O) groups excluding carboxylic acids is 1. The van der Waals surface area contributed by atoms with E-state index in [1.807, 2.05) is 0 Å². The Bertz CT molecular complexity index is 510. The quantitative estimate of drug-likeness (QED) is 0.504. The molecule has 1 amide bonds. The van der Waals surface area contributed by atoms with Crippen molar-refractivity contribution < 1.29 is 14.8 Å². The summed E-state index contributed by atoms with van der Waals surface area (Å²) < 4.78 is 0. The topological polar surface area (TPSA) is 83.7 Å². The van der Waals surface area contributed by atoms with Crippen LogP contribution in [-0.4, -0.2) is 40.0 Å². The van der Waals surface area contributed by atoms with Crippen molar-refractivity contribution in [3.63, 3.8) is 0 Å². The van der Waals surface area contributed by atoms with Crippen molar-refractivity contribution in [3.8, 4) is 0 Å². The van der Waals surface area contributed by atoms with Crippen LogP contribution in [-0.2, 0) is 4.79 Å². The SMILES string of the molecule is O=C(C=Cc1ccc([N+](=O)[O-])cc1)N1CC[C@H](O)C1. The Morgan fingerprint density at radius 2 is 2.11 bits per heavy atom. The zero-order chi connectivity index (χ0) is 13.8. The fraction of sp³-hybridized carbons (Fsp3) is 0.308. The summed E-state index contributed by atoms with van der Waals surface area (Å²) in [6, 6.07) is 5.95. The molecule has 1 atom stereocenters. The highest BCUT2D eigenvalue weighted by molar-refractivity contribution is 5.92. The summed E-state index contributed by atoms with van der Waals surface area (Å²) in [5.74, 6) is -0.157. The largest absolute Gasteiger partial charge is 0.391 e.